The van der Waals surface area contributed by atoms with Gasteiger partial charge in [0, 0.05) is 43.0 Å². The number of nitrogens with zero attached hydrogens (tertiary/aromatic N) is 1. The Labute approximate surface area is 201 Å². The molecule has 2 aromatic carbocycles. The summed E-state index contributed by atoms with van der Waals surface area (Å²) in [7, 11) is 0. The van der Waals surface area contributed by atoms with Crippen molar-refractivity contribution in [2.45, 2.75) is 45.3 Å². The molecule has 2 aromatic rings. The van der Waals surface area contributed by atoms with Gasteiger partial charge in [-0.05, 0) is 47.9 Å². The van der Waals surface area contributed by atoms with Crippen molar-refractivity contribution in [3.8, 4) is 17.6 Å². The van der Waals surface area contributed by atoms with Crippen LogP contribution in [0.15, 0.2) is 42.5 Å². The van der Waals surface area contributed by atoms with E-state index in [2.05, 4.69) is 22.5 Å². The predicted octanol–water partition coefficient (Wildman–Crippen LogP) is 1.43. The fraction of sp³-hybridized carbons (Fsp3) is 0.269. The summed E-state index contributed by atoms with van der Waals surface area (Å²) < 4.78 is 5.10. The number of rotatable bonds is 5. The third-order valence-electron chi connectivity index (χ3n) is 5.74. The molecule has 0 aromatic heterocycles. The zero-order valence-electron chi connectivity index (χ0n) is 19.1. The number of fused-ring (bicyclic) bond motifs is 1. The lowest BCUT2D eigenvalue weighted by molar-refractivity contribution is -0.137. The number of esters is 1. The highest BCUT2D eigenvalue weighted by atomic mass is 16.5. The van der Waals surface area contributed by atoms with Crippen molar-refractivity contribution in [3.05, 3.63) is 64.7 Å². The van der Waals surface area contributed by atoms with Crippen molar-refractivity contribution >= 4 is 29.6 Å². The van der Waals surface area contributed by atoms with Crippen LogP contribution in [-0.4, -0.2) is 40.5 Å². The molecule has 1 unspecified atom stereocenters. The van der Waals surface area contributed by atoms with Gasteiger partial charge in [-0.25, -0.2) is 0 Å². The first kappa shape index (κ1) is 23.7. The fourth-order valence-electron chi connectivity index (χ4n) is 3.90. The predicted molar refractivity (Wildman–Crippen MR) is 124 cm³/mol. The summed E-state index contributed by atoms with van der Waals surface area (Å²) in [6, 6.07) is 11.1. The standard InChI is InChI=1S/C26H23N3O6/c1-2-24(32)35-19-7-3-16(4-8-19)6-11-22(30)27-14-17-5-9-20-18(13-17)15-29(26(20)34)21-10-12-23(31)28-25(21)33/h3-5,7-9,13,21H,2,10,12,14-15H2,1H3,(H,27,30)(H,28,31,33). The number of hydrogen-bond acceptors (Lipinski definition) is 6. The lowest BCUT2D eigenvalue weighted by atomic mass is 10.0. The van der Waals surface area contributed by atoms with Crippen molar-refractivity contribution in [1.82, 2.24) is 15.5 Å². The fourth-order valence-corrected chi connectivity index (χ4v) is 3.90. The maximum atomic E-state index is 12.8. The number of carbonyl (C=O) groups excluding carboxylic acids is 5. The van der Waals surface area contributed by atoms with E-state index < -0.39 is 17.9 Å². The number of piperidine rings is 1. The Morgan fingerprint density at radius 3 is 2.63 bits per heavy atom. The molecule has 1 atom stereocenters. The van der Waals surface area contributed by atoms with Crippen molar-refractivity contribution < 1.29 is 28.7 Å². The summed E-state index contributed by atoms with van der Waals surface area (Å²) in [6.45, 7) is 2.20. The van der Waals surface area contributed by atoms with E-state index in [0.717, 1.165) is 11.1 Å². The highest BCUT2D eigenvalue weighted by Crippen LogP contribution is 2.28. The van der Waals surface area contributed by atoms with Gasteiger partial charge in [-0.1, -0.05) is 25.0 Å². The molecule has 178 valence electrons. The molecule has 2 heterocycles. The normalized spacial score (nSPS) is 16.7. The quantitative estimate of drug-likeness (QED) is 0.293. The molecule has 1 fully saturated rings. The van der Waals surface area contributed by atoms with Gasteiger partial charge in [0.1, 0.15) is 11.8 Å². The molecule has 2 aliphatic heterocycles. The van der Waals surface area contributed by atoms with Gasteiger partial charge in [0.05, 0.1) is 0 Å². The Morgan fingerprint density at radius 2 is 1.91 bits per heavy atom. The zero-order valence-corrected chi connectivity index (χ0v) is 19.1. The monoisotopic (exact) mass is 473 g/mol. The van der Waals surface area contributed by atoms with Crippen molar-refractivity contribution in [3.63, 3.8) is 0 Å². The van der Waals surface area contributed by atoms with Gasteiger partial charge in [-0.3, -0.25) is 29.3 Å². The second-order valence-electron chi connectivity index (χ2n) is 8.18. The van der Waals surface area contributed by atoms with Crippen molar-refractivity contribution in [2.24, 2.45) is 0 Å². The average molecular weight is 473 g/mol. The largest absolute Gasteiger partial charge is 0.427 e. The first-order chi connectivity index (χ1) is 16.8. The maximum Gasteiger partial charge on any atom is 0.310 e. The molecule has 1 saturated heterocycles. The van der Waals surface area contributed by atoms with Gasteiger partial charge in [-0.2, -0.15) is 0 Å². The first-order valence-corrected chi connectivity index (χ1v) is 11.2. The lowest BCUT2D eigenvalue weighted by Crippen LogP contribution is -2.52. The minimum Gasteiger partial charge on any atom is -0.427 e. The van der Waals surface area contributed by atoms with Gasteiger partial charge >= 0.3 is 5.97 Å². The summed E-state index contributed by atoms with van der Waals surface area (Å²) >= 11 is 0. The molecule has 0 bridgehead atoms. The van der Waals surface area contributed by atoms with E-state index in [0.29, 0.717) is 23.3 Å². The van der Waals surface area contributed by atoms with E-state index in [1.807, 2.05) is 6.07 Å². The minimum absolute atomic E-state index is 0.200. The van der Waals surface area contributed by atoms with E-state index in [-0.39, 0.29) is 43.7 Å². The van der Waals surface area contributed by atoms with Crippen LogP contribution in [0.1, 0.15) is 53.2 Å². The Bertz CT molecular complexity index is 1270. The molecule has 2 aliphatic rings. The van der Waals surface area contributed by atoms with Gasteiger partial charge in [0.25, 0.3) is 11.8 Å². The lowest BCUT2D eigenvalue weighted by Gasteiger charge is -2.29. The molecule has 4 rings (SSSR count). The van der Waals surface area contributed by atoms with Gasteiger partial charge in [-0.15, -0.1) is 0 Å². The molecule has 2 N–H and O–H groups in total. The average Bonchev–Trinajstić information content (AvgIpc) is 3.17. The summed E-state index contributed by atoms with van der Waals surface area (Å²) in [5.41, 5.74) is 2.67. The van der Waals surface area contributed by atoms with Gasteiger partial charge < -0.3 is 15.0 Å². The van der Waals surface area contributed by atoms with Crippen LogP contribution in [0, 0.1) is 11.8 Å². The maximum absolute atomic E-state index is 12.8. The van der Waals surface area contributed by atoms with Gasteiger partial charge in [0.15, 0.2) is 0 Å². The molecule has 0 radical (unpaired) electrons. The topological polar surface area (TPSA) is 122 Å². The number of hydrogen-bond donors (Lipinski definition) is 2. The van der Waals surface area contributed by atoms with Crippen LogP contribution < -0.4 is 15.4 Å². The first-order valence-electron chi connectivity index (χ1n) is 11.2. The summed E-state index contributed by atoms with van der Waals surface area (Å²) in [5.74, 6) is 3.87. The van der Waals surface area contributed by atoms with Crippen LogP contribution in [0.3, 0.4) is 0 Å². The molecule has 0 aliphatic carbocycles. The Kier molecular flexibility index (Phi) is 6.92. The van der Waals surface area contributed by atoms with Crippen LogP contribution in [0.4, 0.5) is 0 Å². The number of imide groups is 1. The number of ether oxygens (including phenoxy) is 1. The smallest absolute Gasteiger partial charge is 0.310 e. The number of benzene rings is 2. The SMILES string of the molecule is CCC(=O)Oc1ccc(C#CC(=O)NCc2ccc3c(c2)CN(C2CCC(=O)NC2=O)C3=O)cc1. The number of carbonyl (C=O) groups is 5. The molecular weight excluding hydrogens is 450 g/mol. The van der Waals surface area contributed by atoms with Crippen LogP contribution in [0.5, 0.6) is 5.75 Å². The molecule has 35 heavy (non-hydrogen) atoms. The third-order valence-corrected chi connectivity index (χ3v) is 5.74. The van der Waals surface area contributed by atoms with E-state index in [1.165, 1.54) is 4.90 Å². The highest BCUT2D eigenvalue weighted by Gasteiger charge is 2.39. The van der Waals surface area contributed by atoms with Crippen LogP contribution in [-0.2, 0) is 32.3 Å². The van der Waals surface area contributed by atoms with Crippen LogP contribution in [0.25, 0.3) is 0 Å². The van der Waals surface area contributed by atoms with E-state index in [4.69, 9.17) is 4.74 Å². The Balaban J connectivity index is 1.33. The second-order valence-corrected chi connectivity index (χ2v) is 8.18. The van der Waals surface area contributed by atoms with Crippen molar-refractivity contribution in [2.75, 3.05) is 0 Å². The molecule has 4 amide bonds. The molecular formula is C26H23N3O6. The Hall–Kier alpha value is -4.45. The zero-order chi connectivity index (χ0) is 24.9. The Morgan fingerprint density at radius 1 is 1.14 bits per heavy atom. The molecule has 9 heteroatoms. The molecule has 9 nitrogen and oxygen atoms in total. The van der Waals surface area contributed by atoms with Crippen LogP contribution in [0.2, 0.25) is 0 Å². The number of nitrogens with one attached hydrogen (secondary N) is 2. The highest BCUT2D eigenvalue weighted by molar-refractivity contribution is 6.05. The van der Waals surface area contributed by atoms with Gasteiger partial charge in [0.2, 0.25) is 11.8 Å². The van der Waals surface area contributed by atoms with E-state index in [1.54, 1.807) is 43.3 Å². The molecule has 0 spiro atoms. The van der Waals surface area contributed by atoms with Crippen LogP contribution >= 0.6 is 0 Å². The van der Waals surface area contributed by atoms with E-state index >= 15 is 0 Å². The summed E-state index contributed by atoms with van der Waals surface area (Å²) in [5, 5.41) is 5.00. The number of amides is 4. The minimum atomic E-state index is -0.668. The molecule has 0 saturated carbocycles. The summed E-state index contributed by atoms with van der Waals surface area (Å²) in [4.78, 5) is 61.3. The third kappa shape index (κ3) is 5.55. The summed E-state index contributed by atoms with van der Waals surface area (Å²) in [6.07, 6.45) is 0.782. The van der Waals surface area contributed by atoms with E-state index in [9.17, 15) is 24.0 Å². The van der Waals surface area contributed by atoms with Crippen molar-refractivity contribution in [1.29, 1.82) is 0 Å². The second kappa shape index (κ2) is 10.2.